The molecule has 2 aliphatic heterocycles. The van der Waals surface area contributed by atoms with Crippen LogP contribution in [0.25, 0.3) is 10.9 Å². The Hall–Kier alpha value is -1.32. The van der Waals surface area contributed by atoms with Gasteiger partial charge < -0.3 is 14.8 Å². The average Bonchev–Trinajstić information content (AvgIpc) is 2.99. The SMILES string of the molecule is CN1CCNCC1Cc1cn2c3c(cccc13)CC2. The number of aryl methyl sites for hydroxylation is 2. The average molecular weight is 255 g/mol. The molecule has 2 aromatic rings. The standard InChI is InChI=1S/C16H21N3/c1-18-8-6-17-10-14(18)9-13-11-19-7-5-12-3-2-4-15(13)16(12)19/h2-4,11,14,17H,5-10H2,1H3. The Morgan fingerprint density at radius 1 is 1.32 bits per heavy atom. The lowest BCUT2D eigenvalue weighted by Crippen LogP contribution is -2.50. The van der Waals surface area contributed by atoms with Crippen molar-refractivity contribution < 1.29 is 0 Å². The first-order valence-electron chi connectivity index (χ1n) is 7.33. The third-order valence-corrected chi connectivity index (χ3v) is 4.79. The first-order valence-corrected chi connectivity index (χ1v) is 7.33. The van der Waals surface area contributed by atoms with E-state index in [1.165, 1.54) is 28.5 Å². The number of benzene rings is 1. The minimum absolute atomic E-state index is 0.635. The van der Waals surface area contributed by atoms with E-state index < -0.39 is 0 Å². The van der Waals surface area contributed by atoms with Gasteiger partial charge in [0, 0.05) is 43.8 Å². The van der Waals surface area contributed by atoms with Crippen molar-refractivity contribution in [1.82, 2.24) is 14.8 Å². The summed E-state index contributed by atoms with van der Waals surface area (Å²) >= 11 is 0. The Kier molecular flexibility index (Phi) is 2.64. The van der Waals surface area contributed by atoms with Crippen LogP contribution in [0.15, 0.2) is 24.4 Å². The second-order valence-corrected chi connectivity index (χ2v) is 5.95. The van der Waals surface area contributed by atoms with E-state index in [9.17, 15) is 0 Å². The van der Waals surface area contributed by atoms with Gasteiger partial charge in [0.15, 0.2) is 0 Å². The largest absolute Gasteiger partial charge is 0.347 e. The number of likely N-dealkylation sites (N-methyl/N-ethyl adjacent to an activating group) is 1. The predicted octanol–water partition coefficient (Wildman–Crippen LogP) is 1.64. The molecule has 3 heteroatoms. The van der Waals surface area contributed by atoms with Gasteiger partial charge in [-0.05, 0) is 31.0 Å². The van der Waals surface area contributed by atoms with Crippen LogP contribution in [0, 0.1) is 0 Å². The lowest BCUT2D eigenvalue weighted by molar-refractivity contribution is 0.199. The number of piperazine rings is 1. The van der Waals surface area contributed by atoms with E-state index in [2.05, 4.69) is 46.2 Å². The zero-order valence-electron chi connectivity index (χ0n) is 11.5. The minimum Gasteiger partial charge on any atom is -0.347 e. The van der Waals surface area contributed by atoms with Crippen LogP contribution in [-0.4, -0.2) is 42.2 Å². The van der Waals surface area contributed by atoms with Crippen LogP contribution < -0.4 is 5.32 Å². The van der Waals surface area contributed by atoms with Crippen molar-refractivity contribution in [2.24, 2.45) is 0 Å². The predicted molar refractivity (Wildman–Crippen MR) is 78.6 cm³/mol. The molecule has 1 fully saturated rings. The van der Waals surface area contributed by atoms with Crippen LogP contribution in [0.3, 0.4) is 0 Å². The third kappa shape index (κ3) is 1.80. The molecule has 1 N–H and O–H groups in total. The van der Waals surface area contributed by atoms with Crippen molar-refractivity contribution in [3.05, 3.63) is 35.5 Å². The molecule has 2 aliphatic rings. The lowest BCUT2D eigenvalue weighted by Gasteiger charge is -2.33. The van der Waals surface area contributed by atoms with E-state index in [1.807, 2.05) is 0 Å². The van der Waals surface area contributed by atoms with Crippen LogP contribution in [0.5, 0.6) is 0 Å². The van der Waals surface area contributed by atoms with Crippen molar-refractivity contribution in [3.8, 4) is 0 Å². The summed E-state index contributed by atoms with van der Waals surface area (Å²) in [7, 11) is 2.25. The smallest absolute Gasteiger partial charge is 0.0516 e. The van der Waals surface area contributed by atoms with Crippen LogP contribution in [0.2, 0.25) is 0 Å². The molecular formula is C16H21N3. The highest BCUT2D eigenvalue weighted by molar-refractivity contribution is 5.88. The van der Waals surface area contributed by atoms with Gasteiger partial charge in [0.25, 0.3) is 0 Å². The molecule has 0 aliphatic carbocycles. The quantitative estimate of drug-likeness (QED) is 0.880. The van der Waals surface area contributed by atoms with Gasteiger partial charge in [0.2, 0.25) is 0 Å². The van der Waals surface area contributed by atoms with Gasteiger partial charge in [-0.15, -0.1) is 0 Å². The van der Waals surface area contributed by atoms with Gasteiger partial charge in [-0.2, -0.15) is 0 Å². The summed E-state index contributed by atoms with van der Waals surface area (Å²) in [6.45, 7) is 4.56. The Morgan fingerprint density at radius 2 is 2.26 bits per heavy atom. The highest BCUT2D eigenvalue weighted by Gasteiger charge is 2.22. The molecule has 0 spiro atoms. The maximum atomic E-state index is 3.52. The molecular weight excluding hydrogens is 234 g/mol. The van der Waals surface area contributed by atoms with Gasteiger partial charge in [-0.25, -0.2) is 0 Å². The monoisotopic (exact) mass is 255 g/mol. The lowest BCUT2D eigenvalue weighted by atomic mass is 10.0. The van der Waals surface area contributed by atoms with Crippen molar-refractivity contribution in [1.29, 1.82) is 0 Å². The zero-order chi connectivity index (χ0) is 12.8. The van der Waals surface area contributed by atoms with Crippen molar-refractivity contribution in [3.63, 3.8) is 0 Å². The summed E-state index contributed by atoms with van der Waals surface area (Å²) < 4.78 is 2.45. The number of aromatic nitrogens is 1. The molecule has 1 atom stereocenters. The molecule has 1 unspecified atom stereocenters. The summed E-state index contributed by atoms with van der Waals surface area (Å²) in [6.07, 6.45) is 4.76. The number of nitrogens with zero attached hydrogens (tertiary/aromatic N) is 2. The topological polar surface area (TPSA) is 20.2 Å². The van der Waals surface area contributed by atoms with Crippen molar-refractivity contribution >= 4 is 10.9 Å². The van der Waals surface area contributed by atoms with E-state index in [0.717, 1.165) is 32.6 Å². The van der Waals surface area contributed by atoms with Crippen molar-refractivity contribution in [2.45, 2.75) is 25.4 Å². The summed E-state index contributed by atoms with van der Waals surface area (Å²) in [4.78, 5) is 2.50. The molecule has 100 valence electrons. The molecule has 4 rings (SSSR count). The fraction of sp³-hybridized carbons (Fsp3) is 0.500. The molecule has 1 aromatic carbocycles. The normalized spacial score (nSPS) is 23.3. The maximum absolute atomic E-state index is 3.52. The molecule has 3 nitrogen and oxygen atoms in total. The molecule has 0 saturated carbocycles. The fourth-order valence-electron chi connectivity index (χ4n) is 3.64. The Labute approximate surface area is 114 Å². The molecule has 0 radical (unpaired) electrons. The zero-order valence-corrected chi connectivity index (χ0v) is 11.5. The minimum atomic E-state index is 0.635. The number of hydrogen-bond acceptors (Lipinski definition) is 2. The van der Waals surface area contributed by atoms with Crippen LogP contribution in [0.4, 0.5) is 0 Å². The van der Waals surface area contributed by atoms with Crippen molar-refractivity contribution in [2.75, 3.05) is 26.7 Å². The highest BCUT2D eigenvalue weighted by Crippen LogP contribution is 2.31. The van der Waals surface area contributed by atoms with Gasteiger partial charge in [-0.1, -0.05) is 18.2 Å². The number of hydrogen-bond donors (Lipinski definition) is 1. The van der Waals surface area contributed by atoms with Crippen LogP contribution in [-0.2, 0) is 19.4 Å². The summed E-state index contributed by atoms with van der Waals surface area (Å²) in [5.74, 6) is 0. The Bertz CT molecular complexity index is 614. The number of nitrogens with one attached hydrogen (secondary N) is 1. The third-order valence-electron chi connectivity index (χ3n) is 4.79. The number of para-hydroxylation sites is 1. The summed E-state index contributed by atoms with van der Waals surface area (Å²) in [5, 5.41) is 5.00. The first-order chi connectivity index (χ1) is 9.33. The van der Waals surface area contributed by atoms with E-state index in [0.29, 0.717) is 6.04 Å². The highest BCUT2D eigenvalue weighted by atomic mass is 15.2. The Balaban J connectivity index is 1.70. The van der Waals surface area contributed by atoms with Gasteiger partial charge >= 0.3 is 0 Å². The molecule has 1 saturated heterocycles. The van der Waals surface area contributed by atoms with Gasteiger partial charge in [0.05, 0.1) is 5.52 Å². The molecule has 0 amide bonds. The van der Waals surface area contributed by atoms with Crippen LogP contribution >= 0.6 is 0 Å². The van der Waals surface area contributed by atoms with E-state index >= 15 is 0 Å². The molecule has 1 aromatic heterocycles. The van der Waals surface area contributed by atoms with Crippen LogP contribution in [0.1, 0.15) is 11.1 Å². The van der Waals surface area contributed by atoms with E-state index in [1.54, 1.807) is 0 Å². The second kappa shape index (κ2) is 4.36. The molecule has 19 heavy (non-hydrogen) atoms. The maximum Gasteiger partial charge on any atom is 0.0516 e. The summed E-state index contributed by atoms with van der Waals surface area (Å²) in [5.41, 5.74) is 4.54. The first kappa shape index (κ1) is 11.5. The fourth-order valence-corrected chi connectivity index (χ4v) is 3.64. The van der Waals surface area contributed by atoms with E-state index in [-0.39, 0.29) is 0 Å². The molecule has 3 heterocycles. The van der Waals surface area contributed by atoms with E-state index in [4.69, 9.17) is 0 Å². The van der Waals surface area contributed by atoms with Gasteiger partial charge in [-0.3, -0.25) is 0 Å². The molecule has 0 bridgehead atoms. The Morgan fingerprint density at radius 3 is 3.16 bits per heavy atom. The van der Waals surface area contributed by atoms with Gasteiger partial charge in [0.1, 0.15) is 0 Å². The summed E-state index contributed by atoms with van der Waals surface area (Å²) in [6, 6.07) is 7.44. The second-order valence-electron chi connectivity index (χ2n) is 5.95. The number of rotatable bonds is 2.